The van der Waals surface area contributed by atoms with Crippen molar-refractivity contribution in [3.63, 3.8) is 0 Å². The molecule has 0 unspecified atom stereocenters. The van der Waals surface area contributed by atoms with Crippen molar-refractivity contribution >= 4 is 29.5 Å². The fourth-order valence-electron chi connectivity index (χ4n) is 2.78. The number of carbonyl (C=O) groups is 2. The predicted octanol–water partition coefficient (Wildman–Crippen LogP) is 4.75. The topological polar surface area (TPSA) is 117 Å². The first-order valence-electron chi connectivity index (χ1n) is 9.87. The second kappa shape index (κ2) is 10.7. The molecule has 33 heavy (non-hydrogen) atoms. The van der Waals surface area contributed by atoms with E-state index in [-0.39, 0.29) is 23.6 Å². The number of esters is 2. The smallest absolute Gasteiger partial charge is 0.343 e. The number of nitro benzene ring substituents is 1. The van der Waals surface area contributed by atoms with Gasteiger partial charge in [-0.1, -0.05) is 0 Å². The Labute approximate surface area is 189 Å². The number of ether oxygens (including phenoxy) is 3. The van der Waals surface area contributed by atoms with Gasteiger partial charge in [-0.15, -0.1) is 0 Å². The number of nitrogens with zero attached hydrogens (tertiary/aromatic N) is 2. The number of nitro groups is 1. The van der Waals surface area contributed by atoms with Crippen LogP contribution in [-0.2, 0) is 4.74 Å². The fourth-order valence-corrected chi connectivity index (χ4v) is 2.78. The molecule has 0 aliphatic carbocycles. The van der Waals surface area contributed by atoms with Crippen molar-refractivity contribution in [3.05, 3.63) is 93.5 Å². The highest BCUT2D eigenvalue weighted by atomic mass is 16.6. The van der Waals surface area contributed by atoms with Gasteiger partial charge in [0.05, 0.1) is 35.5 Å². The van der Waals surface area contributed by atoms with Gasteiger partial charge in [-0.25, -0.2) is 9.59 Å². The summed E-state index contributed by atoms with van der Waals surface area (Å²) in [4.78, 5) is 39.2. The van der Waals surface area contributed by atoms with E-state index in [1.165, 1.54) is 37.6 Å². The van der Waals surface area contributed by atoms with E-state index in [1.807, 2.05) is 0 Å². The van der Waals surface area contributed by atoms with Gasteiger partial charge in [0.15, 0.2) is 0 Å². The quantitative estimate of drug-likeness (QED) is 0.160. The van der Waals surface area contributed by atoms with Crippen molar-refractivity contribution < 1.29 is 28.7 Å². The lowest BCUT2D eigenvalue weighted by atomic mass is 10.2. The summed E-state index contributed by atoms with van der Waals surface area (Å²) in [5.74, 6) is -0.777. The van der Waals surface area contributed by atoms with Crippen molar-refractivity contribution in [1.82, 2.24) is 0 Å². The molecule has 0 aliphatic heterocycles. The first kappa shape index (κ1) is 23.1. The molecule has 168 valence electrons. The lowest BCUT2D eigenvalue weighted by Gasteiger charge is -2.06. The second-order valence-electron chi connectivity index (χ2n) is 6.63. The highest BCUT2D eigenvalue weighted by Gasteiger charge is 2.19. The average Bonchev–Trinajstić information content (AvgIpc) is 2.83. The Kier molecular flexibility index (Phi) is 7.48. The third-order valence-corrected chi connectivity index (χ3v) is 4.45. The maximum atomic E-state index is 12.4. The molecule has 3 rings (SSSR count). The fraction of sp³-hybridized carbons (Fsp3) is 0.125. The van der Waals surface area contributed by atoms with Crippen LogP contribution in [0.5, 0.6) is 11.5 Å². The number of hydrogen-bond donors (Lipinski definition) is 0. The maximum absolute atomic E-state index is 12.4. The van der Waals surface area contributed by atoms with Gasteiger partial charge in [0.1, 0.15) is 5.75 Å². The largest absolute Gasteiger partial charge is 0.497 e. The van der Waals surface area contributed by atoms with Crippen LogP contribution in [0.25, 0.3) is 0 Å². The average molecular weight is 448 g/mol. The highest BCUT2D eigenvalue weighted by Crippen LogP contribution is 2.29. The van der Waals surface area contributed by atoms with E-state index in [0.717, 1.165) is 0 Å². The molecule has 0 N–H and O–H groups in total. The minimum absolute atomic E-state index is 0.184. The van der Waals surface area contributed by atoms with Crippen molar-refractivity contribution in [1.29, 1.82) is 0 Å². The van der Waals surface area contributed by atoms with Crippen LogP contribution in [0.4, 0.5) is 11.4 Å². The molecule has 0 saturated heterocycles. The van der Waals surface area contributed by atoms with Gasteiger partial charge in [0.25, 0.3) is 0 Å². The Morgan fingerprint density at radius 3 is 2.21 bits per heavy atom. The Bertz CT molecular complexity index is 1190. The van der Waals surface area contributed by atoms with Gasteiger partial charge in [-0.05, 0) is 73.2 Å². The number of carbonyl (C=O) groups excluding carboxylic acids is 2. The normalized spacial score (nSPS) is 10.6. The standard InChI is InChI=1S/C24H20N2O7/c1-3-32-23(27)17-5-9-19(10-6-17)25-15-16-4-13-22(21(14-16)26(29)30)33-24(28)18-7-11-20(31-2)12-8-18/h4-15H,3H2,1-2H3. The van der Waals surface area contributed by atoms with Gasteiger partial charge in [0.2, 0.25) is 5.75 Å². The van der Waals surface area contributed by atoms with Gasteiger partial charge in [0, 0.05) is 12.3 Å². The molecule has 0 amide bonds. The summed E-state index contributed by atoms with van der Waals surface area (Å²) in [5, 5.41) is 11.5. The molecule has 0 bridgehead atoms. The number of aliphatic imine (C=N–C) groups is 1. The van der Waals surface area contributed by atoms with Crippen molar-refractivity contribution in [3.8, 4) is 11.5 Å². The maximum Gasteiger partial charge on any atom is 0.343 e. The van der Waals surface area contributed by atoms with E-state index in [0.29, 0.717) is 22.6 Å². The summed E-state index contributed by atoms with van der Waals surface area (Å²) in [5.41, 5.74) is 1.22. The summed E-state index contributed by atoms with van der Waals surface area (Å²) >= 11 is 0. The molecular weight excluding hydrogens is 428 g/mol. The molecule has 0 aromatic heterocycles. The summed E-state index contributed by atoms with van der Waals surface area (Å²) in [6.07, 6.45) is 1.43. The van der Waals surface area contributed by atoms with E-state index in [4.69, 9.17) is 14.2 Å². The number of rotatable bonds is 8. The summed E-state index contributed by atoms with van der Waals surface area (Å²) in [7, 11) is 1.50. The molecule has 9 heteroatoms. The lowest BCUT2D eigenvalue weighted by molar-refractivity contribution is -0.385. The second-order valence-corrected chi connectivity index (χ2v) is 6.63. The van der Waals surface area contributed by atoms with Crippen molar-refractivity contribution in [2.45, 2.75) is 6.92 Å². The first-order chi connectivity index (χ1) is 15.9. The van der Waals surface area contributed by atoms with Crippen molar-refractivity contribution in [2.75, 3.05) is 13.7 Å². The molecule has 0 aliphatic rings. The number of benzene rings is 3. The molecule has 3 aromatic carbocycles. The highest BCUT2D eigenvalue weighted by molar-refractivity contribution is 5.92. The Hall–Kier alpha value is -4.53. The zero-order valence-corrected chi connectivity index (χ0v) is 17.9. The van der Waals surface area contributed by atoms with Gasteiger partial charge < -0.3 is 14.2 Å². The van der Waals surface area contributed by atoms with Crippen LogP contribution in [0.15, 0.2) is 71.7 Å². The van der Waals surface area contributed by atoms with E-state index >= 15 is 0 Å². The lowest BCUT2D eigenvalue weighted by Crippen LogP contribution is -2.10. The van der Waals surface area contributed by atoms with Crippen LogP contribution in [-0.4, -0.2) is 36.8 Å². The Balaban J connectivity index is 1.75. The van der Waals surface area contributed by atoms with E-state index in [2.05, 4.69) is 4.99 Å². The van der Waals surface area contributed by atoms with Crippen molar-refractivity contribution in [2.24, 2.45) is 4.99 Å². The molecule has 3 aromatic rings. The molecular formula is C24H20N2O7. The van der Waals surface area contributed by atoms with Crippen LogP contribution in [0.2, 0.25) is 0 Å². The molecule has 0 atom stereocenters. The monoisotopic (exact) mass is 448 g/mol. The molecule has 0 saturated carbocycles. The molecule has 0 heterocycles. The van der Waals surface area contributed by atoms with Crippen LogP contribution >= 0.6 is 0 Å². The van der Waals surface area contributed by atoms with E-state index in [9.17, 15) is 19.7 Å². The van der Waals surface area contributed by atoms with Crippen LogP contribution in [0.3, 0.4) is 0 Å². The zero-order valence-electron chi connectivity index (χ0n) is 17.9. The summed E-state index contributed by atoms with van der Waals surface area (Å²) < 4.78 is 15.2. The summed E-state index contributed by atoms with van der Waals surface area (Å²) in [6.45, 7) is 2.00. The number of methoxy groups -OCH3 is 1. The summed E-state index contributed by atoms with van der Waals surface area (Å²) in [6, 6.07) is 16.7. The zero-order chi connectivity index (χ0) is 23.8. The van der Waals surface area contributed by atoms with Crippen LogP contribution in [0.1, 0.15) is 33.2 Å². The minimum Gasteiger partial charge on any atom is -0.497 e. The minimum atomic E-state index is -0.733. The predicted molar refractivity (Wildman–Crippen MR) is 121 cm³/mol. The van der Waals surface area contributed by atoms with Gasteiger partial charge >= 0.3 is 17.6 Å². The van der Waals surface area contributed by atoms with Crippen LogP contribution in [0, 0.1) is 10.1 Å². The SMILES string of the molecule is CCOC(=O)c1ccc(N=Cc2ccc(OC(=O)c3ccc(OC)cc3)c([N+](=O)[O-])c2)cc1. The first-order valence-corrected chi connectivity index (χ1v) is 9.87. The third kappa shape index (κ3) is 6.01. The van der Waals surface area contributed by atoms with Gasteiger partial charge in [-0.3, -0.25) is 15.1 Å². The van der Waals surface area contributed by atoms with Gasteiger partial charge in [-0.2, -0.15) is 0 Å². The molecule has 9 nitrogen and oxygen atoms in total. The number of hydrogen-bond acceptors (Lipinski definition) is 8. The third-order valence-electron chi connectivity index (χ3n) is 4.45. The van der Waals surface area contributed by atoms with Crippen LogP contribution < -0.4 is 9.47 Å². The molecule has 0 spiro atoms. The Morgan fingerprint density at radius 2 is 1.61 bits per heavy atom. The Morgan fingerprint density at radius 1 is 0.970 bits per heavy atom. The van der Waals surface area contributed by atoms with E-state index in [1.54, 1.807) is 49.4 Å². The van der Waals surface area contributed by atoms with E-state index < -0.39 is 16.9 Å². The molecule has 0 fully saturated rings. The molecule has 0 radical (unpaired) electrons.